The lowest BCUT2D eigenvalue weighted by atomic mass is 9.93. The Morgan fingerprint density at radius 3 is 2.50 bits per heavy atom. The second-order valence-corrected chi connectivity index (χ2v) is 4.55. The van der Waals surface area contributed by atoms with Crippen molar-refractivity contribution in [2.45, 2.75) is 39.2 Å². The van der Waals surface area contributed by atoms with Crippen LogP contribution in [-0.2, 0) is 9.59 Å². The van der Waals surface area contributed by atoms with Gasteiger partial charge in [-0.15, -0.1) is 0 Å². The monoisotopic (exact) mass is 225 g/mol. The van der Waals surface area contributed by atoms with Gasteiger partial charge in [-0.25, -0.2) is 4.79 Å². The molecule has 4 heteroatoms. The molecule has 0 aliphatic heterocycles. The van der Waals surface area contributed by atoms with Crippen LogP contribution in [-0.4, -0.2) is 23.0 Å². The summed E-state index contributed by atoms with van der Waals surface area (Å²) in [6, 6.07) is -0.779. The average molecular weight is 225 g/mol. The predicted octanol–water partition coefficient (Wildman–Crippen LogP) is 1.57. The molecular formula is C12H19NO3. The van der Waals surface area contributed by atoms with E-state index in [1.165, 1.54) is 0 Å². The lowest BCUT2D eigenvalue weighted by Crippen LogP contribution is -2.46. The van der Waals surface area contributed by atoms with Crippen LogP contribution in [0, 0.1) is 11.8 Å². The molecule has 1 aliphatic rings. The summed E-state index contributed by atoms with van der Waals surface area (Å²) in [4.78, 5) is 22.7. The van der Waals surface area contributed by atoms with Crippen LogP contribution >= 0.6 is 0 Å². The molecule has 0 spiro atoms. The van der Waals surface area contributed by atoms with Crippen LogP contribution in [0.2, 0.25) is 0 Å². The molecule has 2 N–H and O–H groups in total. The Bertz CT molecular complexity index is 297. The zero-order valence-electron chi connectivity index (χ0n) is 9.77. The molecule has 0 aromatic heterocycles. The molecule has 90 valence electrons. The maximum Gasteiger partial charge on any atom is 0.326 e. The molecule has 0 saturated heterocycles. The summed E-state index contributed by atoms with van der Waals surface area (Å²) in [5, 5.41) is 11.6. The van der Waals surface area contributed by atoms with E-state index in [1.54, 1.807) is 13.8 Å². The van der Waals surface area contributed by atoms with Crippen molar-refractivity contribution >= 4 is 11.9 Å². The smallest absolute Gasteiger partial charge is 0.326 e. The van der Waals surface area contributed by atoms with E-state index in [2.05, 4.69) is 11.4 Å². The molecule has 0 heterocycles. The molecule has 0 saturated carbocycles. The third-order valence-corrected chi connectivity index (χ3v) is 2.87. The van der Waals surface area contributed by atoms with E-state index in [0.29, 0.717) is 0 Å². The van der Waals surface area contributed by atoms with E-state index in [9.17, 15) is 9.59 Å². The Hall–Kier alpha value is -1.32. The zero-order valence-corrected chi connectivity index (χ0v) is 9.77. The highest BCUT2D eigenvalue weighted by Crippen LogP contribution is 2.18. The Labute approximate surface area is 95.7 Å². The van der Waals surface area contributed by atoms with E-state index in [0.717, 1.165) is 19.3 Å². The SMILES string of the molecule is CC(C)[C@@H](NC(=O)C1CC=CCC1)C(=O)O. The molecule has 16 heavy (non-hydrogen) atoms. The minimum atomic E-state index is -0.963. The van der Waals surface area contributed by atoms with Gasteiger partial charge in [-0.2, -0.15) is 0 Å². The Morgan fingerprint density at radius 2 is 2.06 bits per heavy atom. The van der Waals surface area contributed by atoms with Gasteiger partial charge in [-0.3, -0.25) is 4.79 Å². The first-order chi connectivity index (χ1) is 7.52. The van der Waals surface area contributed by atoms with Gasteiger partial charge in [0.1, 0.15) is 6.04 Å². The van der Waals surface area contributed by atoms with Gasteiger partial charge < -0.3 is 10.4 Å². The van der Waals surface area contributed by atoms with Crippen LogP contribution in [0.25, 0.3) is 0 Å². The summed E-state index contributed by atoms with van der Waals surface area (Å²) in [5.74, 6) is -1.26. The minimum absolute atomic E-state index is 0.0643. The molecule has 1 amide bonds. The second-order valence-electron chi connectivity index (χ2n) is 4.55. The van der Waals surface area contributed by atoms with Gasteiger partial charge in [-0.05, 0) is 25.2 Å². The summed E-state index contributed by atoms with van der Waals surface area (Å²) in [5.41, 5.74) is 0. The number of carboxylic acids is 1. The Balaban J connectivity index is 2.54. The van der Waals surface area contributed by atoms with Crippen LogP contribution in [0.15, 0.2) is 12.2 Å². The molecule has 1 rings (SSSR count). The predicted molar refractivity (Wildman–Crippen MR) is 60.9 cm³/mol. The standard InChI is InChI=1S/C12H19NO3/c1-8(2)10(12(15)16)13-11(14)9-6-4-3-5-7-9/h3-4,8-10H,5-7H2,1-2H3,(H,13,14)(H,15,16)/t9?,10-/m1/s1. The van der Waals surface area contributed by atoms with Crippen molar-refractivity contribution in [3.05, 3.63) is 12.2 Å². The number of carbonyl (C=O) groups excluding carboxylic acids is 1. The number of allylic oxidation sites excluding steroid dienone is 2. The lowest BCUT2D eigenvalue weighted by Gasteiger charge is -2.22. The zero-order chi connectivity index (χ0) is 12.1. The highest BCUT2D eigenvalue weighted by Gasteiger charge is 2.27. The number of nitrogens with one attached hydrogen (secondary N) is 1. The number of amides is 1. The quantitative estimate of drug-likeness (QED) is 0.714. The van der Waals surface area contributed by atoms with Gasteiger partial charge in [0.25, 0.3) is 0 Å². The maximum absolute atomic E-state index is 11.8. The van der Waals surface area contributed by atoms with Crippen LogP contribution < -0.4 is 5.32 Å². The fourth-order valence-corrected chi connectivity index (χ4v) is 1.82. The third-order valence-electron chi connectivity index (χ3n) is 2.87. The molecule has 0 bridgehead atoms. The molecular weight excluding hydrogens is 206 g/mol. The third kappa shape index (κ3) is 3.36. The fraction of sp³-hybridized carbons (Fsp3) is 0.667. The number of aliphatic carboxylic acids is 1. The number of rotatable bonds is 4. The van der Waals surface area contributed by atoms with E-state index in [1.807, 2.05) is 6.08 Å². The van der Waals surface area contributed by atoms with Crippen molar-refractivity contribution in [2.75, 3.05) is 0 Å². The van der Waals surface area contributed by atoms with Gasteiger partial charge in [0.15, 0.2) is 0 Å². The first kappa shape index (κ1) is 12.7. The van der Waals surface area contributed by atoms with Crippen LogP contribution in [0.1, 0.15) is 33.1 Å². The van der Waals surface area contributed by atoms with Crippen LogP contribution in [0.4, 0.5) is 0 Å². The topological polar surface area (TPSA) is 66.4 Å². The van der Waals surface area contributed by atoms with Crippen molar-refractivity contribution in [3.8, 4) is 0 Å². The van der Waals surface area contributed by atoms with Gasteiger partial charge in [0.05, 0.1) is 0 Å². The number of hydrogen-bond acceptors (Lipinski definition) is 2. The van der Waals surface area contributed by atoms with Crippen molar-refractivity contribution in [2.24, 2.45) is 11.8 Å². The van der Waals surface area contributed by atoms with Gasteiger partial charge >= 0.3 is 5.97 Å². The van der Waals surface area contributed by atoms with E-state index >= 15 is 0 Å². The van der Waals surface area contributed by atoms with Crippen molar-refractivity contribution in [1.82, 2.24) is 5.32 Å². The molecule has 2 atom stereocenters. The lowest BCUT2D eigenvalue weighted by molar-refractivity contribution is -0.143. The number of carbonyl (C=O) groups is 2. The largest absolute Gasteiger partial charge is 0.480 e. The first-order valence-electron chi connectivity index (χ1n) is 5.70. The maximum atomic E-state index is 11.8. The normalized spacial score (nSPS) is 21.8. The molecule has 1 aliphatic carbocycles. The molecule has 0 fully saturated rings. The van der Waals surface area contributed by atoms with Gasteiger partial charge in [0, 0.05) is 5.92 Å². The highest BCUT2D eigenvalue weighted by atomic mass is 16.4. The summed E-state index contributed by atoms with van der Waals surface area (Å²) in [6.45, 7) is 3.58. The molecule has 0 radical (unpaired) electrons. The average Bonchev–Trinajstić information content (AvgIpc) is 2.25. The van der Waals surface area contributed by atoms with E-state index in [4.69, 9.17) is 5.11 Å². The first-order valence-corrected chi connectivity index (χ1v) is 5.70. The van der Waals surface area contributed by atoms with E-state index < -0.39 is 12.0 Å². The van der Waals surface area contributed by atoms with E-state index in [-0.39, 0.29) is 17.7 Å². The second kappa shape index (κ2) is 5.68. The summed E-state index contributed by atoms with van der Waals surface area (Å²) in [6.07, 6.45) is 6.47. The van der Waals surface area contributed by atoms with Gasteiger partial charge in [-0.1, -0.05) is 26.0 Å². The molecule has 0 aromatic carbocycles. The summed E-state index contributed by atoms with van der Waals surface area (Å²) < 4.78 is 0. The van der Waals surface area contributed by atoms with Crippen LogP contribution in [0.3, 0.4) is 0 Å². The highest BCUT2D eigenvalue weighted by molar-refractivity contribution is 5.85. The molecule has 4 nitrogen and oxygen atoms in total. The van der Waals surface area contributed by atoms with Crippen LogP contribution in [0.5, 0.6) is 0 Å². The fourth-order valence-electron chi connectivity index (χ4n) is 1.82. The molecule has 1 unspecified atom stereocenters. The number of carboxylic acid groups (broad SMARTS) is 1. The molecule has 0 aromatic rings. The summed E-state index contributed by atoms with van der Waals surface area (Å²) in [7, 11) is 0. The Kier molecular flexibility index (Phi) is 4.52. The minimum Gasteiger partial charge on any atom is -0.480 e. The number of hydrogen-bond donors (Lipinski definition) is 2. The van der Waals surface area contributed by atoms with Crippen molar-refractivity contribution in [1.29, 1.82) is 0 Å². The summed E-state index contributed by atoms with van der Waals surface area (Å²) >= 11 is 0. The van der Waals surface area contributed by atoms with Gasteiger partial charge in [0.2, 0.25) is 5.91 Å². The van der Waals surface area contributed by atoms with Crippen molar-refractivity contribution in [3.63, 3.8) is 0 Å². The Morgan fingerprint density at radius 1 is 1.38 bits per heavy atom. The van der Waals surface area contributed by atoms with Crippen molar-refractivity contribution < 1.29 is 14.7 Å².